The normalized spacial score (nSPS) is 32.3. The van der Waals surface area contributed by atoms with Crippen LogP contribution in [0.2, 0.25) is 0 Å². The van der Waals surface area contributed by atoms with Gasteiger partial charge in [0.25, 0.3) is 0 Å². The largest absolute Gasteiger partial charge is 0.358 e. The van der Waals surface area contributed by atoms with Crippen molar-refractivity contribution >= 4 is 0 Å². The molecule has 0 aliphatic carbocycles. The second-order valence-corrected chi connectivity index (χ2v) is 3.74. The molecule has 3 heterocycles. The number of hydrogen-bond acceptors (Lipinski definition) is 3. The molecular formula is C9H13N3O. The van der Waals surface area contributed by atoms with Crippen LogP contribution < -0.4 is 5.32 Å². The number of hydrogen-bond donors (Lipinski definition) is 2. The Kier molecular flexibility index (Phi) is 1.63. The number of aromatic nitrogens is 2. The minimum Gasteiger partial charge on any atom is -0.358 e. The molecule has 2 N–H and O–H groups in total. The summed E-state index contributed by atoms with van der Waals surface area (Å²) in [6, 6.07) is 0. The van der Waals surface area contributed by atoms with Gasteiger partial charge in [-0.3, -0.25) is 10.4 Å². The Morgan fingerprint density at radius 3 is 3.54 bits per heavy atom. The van der Waals surface area contributed by atoms with Crippen molar-refractivity contribution in [3.05, 3.63) is 17.5 Å². The molecule has 0 amide bonds. The van der Waals surface area contributed by atoms with Gasteiger partial charge in [0.2, 0.25) is 0 Å². The smallest absolute Gasteiger partial charge is 0.117 e. The first-order valence-electron chi connectivity index (χ1n) is 4.82. The van der Waals surface area contributed by atoms with Crippen molar-refractivity contribution < 1.29 is 4.74 Å². The molecule has 13 heavy (non-hydrogen) atoms. The zero-order valence-corrected chi connectivity index (χ0v) is 7.42. The van der Waals surface area contributed by atoms with Crippen LogP contribution >= 0.6 is 0 Å². The zero-order valence-electron chi connectivity index (χ0n) is 7.42. The molecule has 3 rings (SSSR count). The van der Waals surface area contributed by atoms with Gasteiger partial charge in [0.15, 0.2) is 0 Å². The van der Waals surface area contributed by atoms with Crippen LogP contribution in [0.25, 0.3) is 0 Å². The van der Waals surface area contributed by atoms with Crippen molar-refractivity contribution in [3.8, 4) is 0 Å². The van der Waals surface area contributed by atoms with Crippen molar-refractivity contribution in [2.24, 2.45) is 0 Å². The molecule has 1 fully saturated rings. The summed E-state index contributed by atoms with van der Waals surface area (Å²) >= 11 is 0. The number of rotatable bonds is 0. The number of nitrogens with one attached hydrogen (secondary N) is 2. The van der Waals surface area contributed by atoms with E-state index >= 15 is 0 Å². The van der Waals surface area contributed by atoms with Gasteiger partial charge in [0.05, 0.1) is 12.8 Å². The van der Waals surface area contributed by atoms with E-state index in [0.717, 1.165) is 6.54 Å². The highest BCUT2D eigenvalue weighted by atomic mass is 16.5. The van der Waals surface area contributed by atoms with Gasteiger partial charge in [-0.15, -0.1) is 0 Å². The highest BCUT2D eigenvalue weighted by Crippen LogP contribution is 2.33. The van der Waals surface area contributed by atoms with Crippen LogP contribution in [0.3, 0.4) is 0 Å². The Bertz CT molecular complexity index is 310. The molecule has 0 bridgehead atoms. The second-order valence-electron chi connectivity index (χ2n) is 3.74. The van der Waals surface area contributed by atoms with Gasteiger partial charge in [-0.25, -0.2) is 0 Å². The summed E-state index contributed by atoms with van der Waals surface area (Å²) in [4.78, 5) is 0. The van der Waals surface area contributed by atoms with Crippen LogP contribution in [0.4, 0.5) is 0 Å². The number of aromatic amines is 1. The number of fused-ring (bicyclic) bond motifs is 3. The standard InChI is InChI=1S/C9H13N3O/c1-2-7-8-6(4-11-12-8)5-13-9(7)10-3-1/h4,7,9-10H,1-3,5H2,(H,11,12). The molecule has 70 valence electrons. The van der Waals surface area contributed by atoms with Crippen molar-refractivity contribution in [1.29, 1.82) is 0 Å². The van der Waals surface area contributed by atoms with E-state index in [1.807, 2.05) is 6.20 Å². The minimum atomic E-state index is 0.210. The second kappa shape index (κ2) is 2.82. The topological polar surface area (TPSA) is 49.9 Å². The highest BCUT2D eigenvalue weighted by Gasteiger charge is 2.33. The number of nitrogens with zero attached hydrogens (tertiary/aromatic N) is 1. The van der Waals surface area contributed by atoms with Gasteiger partial charge in [-0.1, -0.05) is 0 Å². The van der Waals surface area contributed by atoms with Crippen LogP contribution in [0.5, 0.6) is 0 Å². The molecule has 2 aliphatic rings. The Balaban J connectivity index is 1.97. The van der Waals surface area contributed by atoms with Crippen LogP contribution in [0, 0.1) is 0 Å². The summed E-state index contributed by atoms with van der Waals surface area (Å²) in [6.07, 6.45) is 4.51. The van der Waals surface area contributed by atoms with Gasteiger partial charge in [-0.2, -0.15) is 5.10 Å². The fourth-order valence-electron chi connectivity index (χ4n) is 2.27. The third-order valence-corrected chi connectivity index (χ3v) is 2.94. The molecule has 1 aromatic rings. The lowest BCUT2D eigenvalue weighted by Gasteiger charge is -2.35. The Morgan fingerprint density at radius 1 is 1.54 bits per heavy atom. The number of piperidine rings is 1. The molecule has 0 aromatic carbocycles. The quantitative estimate of drug-likeness (QED) is 0.617. The van der Waals surface area contributed by atoms with E-state index in [9.17, 15) is 0 Å². The van der Waals surface area contributed by atoms with E-state index in [-0.39, 0.29) is 6.23 Å². The van der Waals surface area contributed by atoms with Crippen molar-refractivity contribution in [2.45, 2.75) is 31.6 Å². The third-order valence-electron chi connectivity index (χ3n) is 2.94. The first kappa shape index (κ1) is 7.53. The monoisotopic (exact) mass is 179 g/mol. The lowest BCUT2D eigenvalue weighted by atomic mass is 9.90. The number of ether oxygens (including phenoxy) is 1. The maximum absolute atomic E-state index is 5.70. The van der Waals surface area contributed by atoms with Crippen LogP contribution in [-0.4, -0.2) is 23.0 Å². The van der Waals surface area contributed by atoms with Crippen LogP contribution in [0.1, 0.15) is 30.0 Å². The summed E-state index contributed by atoms with van der Waals surface area (Å²) in [5.74, 6) is 0.486. The fraction of sp³-hybridized carbons (Fsp3) is 0.667. The van der Waals surface area contributed by atoms with E-state index in [1.54, 1.807) is 0 Å². The van der Waals surface area contributed by atoms with E-state index in [1.165, 1.54) is 24.1 Å². The fourth-order valence-corrected chi connectivity index (χ4v) is 2.27. The Morgan fingerprint density at radius 2 is 2.54 bits per heavy atom. The van der Waals surface area contributed by atoms with Crippen LogP contribution in [0.15, 0.2) is 6.20 Å². The average molecular weight is 179 g/mol. The Hall–Kier alpha value is -0.870. The summed E-state index contributed by atoms with van der Waals surface area (Å²) in [5.41, 5.74) is 2.51. The molecule has 1 aromatic heterocycles. The first-order chi connectivity index (χ1) is 6.45. The van der Waals surface area contributed by atoms with Crippen molar-refractivity contribution in [2.75, 3.05) is 6.54 Å². The molecule has 0 radical (unpaired) electrons. The van der Waals surface area contributed by atoms with E-state index in [0.29, 0.717) is 12.5 Å². The predicted octanol–water partition coefficient (Wildman–Crippen LogP) is 0.733. The third kappa shape index (κ3) is 1.09. The molecule has 2 unspecified atom stereocenters. The molecule has 2 atom stereocenters. The summed E-state index contributed by atoms with van der Waals surface area (Å²) in [7, 11) is 0. The molecule has 0 spiro atoms. The first-order valence-corrected chi connectivity index (χ1v) is 4.82. The maximum atomic E-state index is 5.70. The minimum absolute atomic E-state index is 0.210. The van der Waals surface area contributed by atoms with Gasteiger partial charge in [-0.05, 0) is 19.4 Å². The summed E-state index contributed by atoms with van der Waals surface area (Å²) in [6.45, 7) is 1.77. The lowest BCUT2D eigenvalue weighted by molar-refractivity contribution is -0.0278. The molecule has 4 heteroatoms. The highest BCUT2D eigenvalue weighted by molar-refractivity contribution is 5.23. The predicted molar refractivity (Wildman–Crippen MR) is 47.1 cm³/mol. The Labute approximate surface area is 76.7 Å². The SMILES string of the molecule is c1n[nH]c2c1COC1NCCCC21. The van der Waals surface area contributed by atoms with E-state index in [2.05, 4.69) is 15.5 Å². The van der Waals surface area contributed by atoms with Crippen LogP contribution in [-0.2, 0) is 11.3 Å². The summed E-state index contributed by atoms with van der Waals surface area (Å²) in [5, 5.41) is 10.5. The molecule has 4 nitrogen and oxygen atoms in total. The molecule has 2 aliphatic heterocycles. The maximum Gasteiger partial charge on any atom is 0.117 e. The van der Waals surface area contributed by atoms with E-state index < -0.39 is 0 Å². The molecule has 1 saturated heterocycles. The van der Waals surface area contributed by atoms with Gasteiger partial charge in [0.1, 0.15) is 6.23 Å². The molecule has 0 saturated carbocycles. The molecular weight excluding hydrogens is 166 g/mol. The van der Waals surface area contributed by atoms with Crippen molar-refractivity contribution in [3.63, 3.8) is 0 Å². The van der Waals surface area contributed by atoms with Gasteiger partial charge in [0, 0.05) is 17.2 Å². The number of H-pyrrole nitrogens is 1. The van der Waals surface area contributed by atoms with Crippen molar-refractivity contribution in [1.82, 2.24) is 15.5 Å². The van der Waals surface area contributed by atoms with Gasteiger partial charge < -0.3 is 4.74 Å². The average Bonchev–Trinajstić information content (AvgIpc) is 2.65. The van der Waals surface area contributed by atoms with Gasteiger partial charge >= 0.3 is 0 Å². The summed E-state index contributed by atoms with van der Waals surface area (Å²) < 4.78 is 5.70. The van der Waals surface area contributed by atoms with E-state index in [4.69, 9.17) is 4.74 Å². The zero-order chi connectivity index (χ0) is 8.67. The lowest BCUT2D eigenvalue weighted by Crippen LogP contribution is -2.44.